The second kappa shape index (κ2) is 7.49. The molecule has 0 bridgehead atoms. The van der Waals surface area contributed by atoms with E-state index in [1.807, 2.05) is 37.3 Å². The molecule has 0 unspecified atom stereocenters. The van der Waals surface area contributed by atoms with E-state index in [9.17, 15) is 4.79 Å². The molecule has 0 aliphatic heterocycles. The Balaban J connectivity index is 1.75. The predicted molar refractivity (Wildman–Crippen MR) is 94.1 cm³/mol. The zero-order valence-electron chi connectivity index (χ0n) is 13.9. The van der Waals surface area contributed by atoms with Crippen molar-refractivity contribution in [2.24, 2.45) is 0 Å². The fraction of sp³-hybridized carbons (Fsp3) is 0.211. The van der Waals surface area contributed by atoms with Crippen LogP contribution in [0.3, 0.4) is 0 Å². The number of hydrogen-bond acceptors (Lipinski definition) is 5. The summed E-state index contributed by atoms with van der Waals surface area (Å²) in [6.07, 6.45) is 1.34. The Kier molecular flexibility index (Phi) is 5.14. The Morgan fingerprint density at radius 3 is 2.68 bits per heavy atom. The first-order valence-corrected chi connectivity index (χ1v) is 8.24. The van der Waals surface area contributed by atoms with E-state index in [2.05, 4.69) is 10.1 Å². The smallest absolute Gasteiger partial charge is 0.311 e. The third-order valence-corrected chi connectivity index (χ3v) is 4.10. The van der Waals surface area contributed by atoms with Crippen LogP contribution in [0.4, 0.5) is 0 Å². The molecule has 2 heterocycles. The van der Waals surface area contributed by atoms with Crippen molar-refractivity contribution in [2.45, 2.75) is 26.4 Å². The van der Waals surface area contributed by atoms with E-state index < -0.39 is 0 Å². The molecule has 0 radical (unpaired) electrons. The van der Waals surface area contributed by atoms with E-state index in [-0.39, 0.29) is 18.5 Å². The molecule has 25 heavy (non-hydrogen) atoms. The Labute approximate surface area is 150 Å². The second-order valence-electron chi connectivity index (χ2n) is 5.66. The molecule has 3 aromatic rings. The van der Waals surface area contributed by atoms with Crippen molar-refractivity contribution >= 4 is 17.6 Å². The van der Waals surface area contributed by atoms with Crippen LogP contribution in [0.2, 0.25) is 5.15 Å². The van der Waals surface area contributed by atoms with E-state index in [0.29, 0.717) is 27.7 Å². The van der Waals surface area contributed by atoms with Gasteiger partial charge in [-0.25, -0.2) is 4.98 Å². The number of halogens is 1. The number of carbonyl (C=O) groups excluding carboxylic acids is 1. The molecule has 0 N–H and O–H groups in total. The van der Waals surface area contributed by atoms with Crippen molar-refractivity contribution in [1.29, 1.82) is 0 Å². The number of esters is 1. The van der Waals surface area contributed by atoms with Crippen LogP contribution in [-0.2, 0) is 16.0 Å². The average molecular weight is 357 g/mol. The third-order valence-electron chi connectivity index (χ3n) is 3.87. The molecule has 0 fully saturated rings. The minimum Gasteiger partial charge on any atom is -0.458 e. The van der Waals surface area contributed by atoms with E-state index in [0.717, 1.165) is 5.56 Å². The van der Waals surface area contributed by atoms with Gasteiger partial charge in [0.2, 0.25) is 0 Å². The first-order chi connectivity index (χ1) is 12.0. The van der Waals surface area contributed by atoms with Crippen molar-refractivity contribution < 1.29 is 14.1 Å². The highest BCUT2D eigenvalue weighted by Gasteiger charge is 2.20. The van der Waals surface area contributed by atoms with Crippen molar-refractivity contribution in [1.82, 2.24) is 10.1 Å². The van der Waals surface area contributed by atoms with E-state index in [4.69, 9.17) is 20.9 Å². The van der Waals surface area contributed by atoms with Crippen LogP contribution >= 0.6 is 11.6 Å². The topological polar surface area (TPSA) is 65.2 Å². The van der Waals surface area contributed by atoms with Crippen LogP contribution in [0, 0.1) is 6.92 Å². The number of pyridine rings is 1. The summed E-state index contributed by atoms with van der Waals surface area (Å²) in [7, 11) is 0. The molecular formula is C19H17ClN2O3. The quantitative estimate of drug-likeness (QED) is 0.495. The average Bonchev–Trinajstić information content (AvgIpc) is 2.97. The van der Waals surface area contributed by atoms with E-state index in [1.54, 1.807) is 25.3 Å². The maximum absolute atomic E-state index is 12.4. The fourth-order valence-electron chi connectivity index (χ4n) is 2.51. The Bertz CT molecular complexity index is 860. The summed E-state index contributed by atoms with van der Waals surface area (Å²) in [6.45, 7) is 3.64. The molecule has 0 aliphatic rings. The lowest BCUT2D eigenvalue weighted by Crippen LogP contribution is -2.12. The van der Waals surface area contributed by atoms with Crippen LogP contribution in [0.1, 0.15) is 29.8 Å². The second-order valence-corrected chi connectivity index (χ2v) is 6.05. The van der Waals surface area contributed by atoms with Gasteiger partial charge in [0, 0.05) is 17.3 Å². The maximum Gasteiger partial charge on any atom is 0.311 e. The van der Waals surface area contributed by atoms with Gasteiger partial charge in [-0.2, -0.15) is 0 Å². The van der Waals surface area contributed by atoms with Crippen LogP contribution < -0.4 is 0 Å². The van der Waals surface area contributed by atoms with Gasteiger partial charge < -0.3 is 9.26 Å². The summed E-state index contributed by atoms with van der Waals surface area (Å²) in [5.41, 5.74) is 2.99. The highest BCUT2D eigenvalue weighted by molar-refractivity contribution is 6.29. The summed E-state index contributed by atoms with van der Waals surface area (Å²) in [6, 6.07) is 13.0. The monoisotopic (exact) mass is 356 g/mol. The number of aromatic nitrogens is 2. The summed E-state index contributed by atoms with van der Waals surface area (Å²) in [5.74, 6) is 0.164. The van der Waals surface area contributed by atoms with Crippen LogP contribution in [-0.4, -0.2) is 16.1 Å². The van der Waals surface area contributed by atoms with E-state index in [1.165, 1.54) is 0 Å². The Morgan fingerprint density at radius 1 is 1.24 bits per heavy atom. The van der Waals surface area contributed by atoms with Gasteiger partial charge in [-0.05, 0) is 31.5 Å². The number of benzene rings is 1. The molecular weight excluding hydrogens is 340 g/mol. The SMILES string of the molecule is Cc1noc(-c2ccc(Cl)nc2)c1CC(=O)O[C@H](C)c1ccccc1. The number of carbonyl (C=O) groups is 1. The zero-order valence-corrected chi connectivity index (χ0v) is 14.7. The third kappa shape index (κ3) is 4.06. The van der Waals surface area contributed by atoms with Gasteiger partial charge in [-0.1, -0.05) is 47.1 Å². The summed E-state index contributed by atoms with van der Waals surface area (Å²) >= 11 is 5.81. The molecule has 1 aromatic carbocycles. The van der Waals surface area contributed by atoms with Gasteiger partial charge in [-0.3, -0.25) is 4.79 Å². The van der Waals surface area contributed by atoms with Gasteiger partial charge in [0.15, 0.2) is 5.76 Å². The maximum atomic E-state index is 12.4. The Morgan fingerprint density at radius 2 is 2.00 bits per heavy atom. The van der Waals surface area contributed by atoms with Crippen molar-refractivity contribution in [2.75, 3.05) is 0 Å². The molecule has 0 spiro atoms. The van der Waals surface area contributed by atoms with E-state index >= 15 is 0 Å². The lowest BCUT2D eigenvalue weighted by molar-refractivity contribution is -0.147. The molecule has 128 valence electrons. The van der Waals surface area contributed by atoms with Crippen molar-refractivity contribution in [3.8, 4) is 11.3 Å². The molecule has 5 nitrogen and oxygen atoms in total. The number of rotatable bonds is 5. The van der Waals surface area contributed by atoms with Crippen molar-refractivity contribution in [3.05, 3.63) is 70.6 Å². The summed E-state index contributed by atoms with van der Waals surface area (Å²) in [5, 5.41) is 4.35. The standard InChI is InChI=1S/C19H17ClN2O3/c1-12-16(19(25-22-12)15-8-9-17(20)21-11-15)10-18(23)24-13(2)14-6-4-3-5-7-14/h3-9,11,13H,10H2,1-2H3/t13-/m1/s1. The highest BCUT2D eigenvalue weighted by Crippen LogP contribution is 2.27. The molecule has 0 amide bonds. The first-order valence-electron chi connectivity index (χ1n) is 7.86. The molecule has 6 heteroatoms. The highest BCUT2D eigenvalue weighted by atomic mass is 35.5. The number of aryl methyl sites for hydroxylation is 1. The van der Waals surface area contributed by atoms with Crippen LogP contribution in [0.15, 0.2) is 53.2 Å². The van der Waals surface area contributed by atoms with Crippen LogP contribution in [0.25, 0.3) is 11.3 Å². The zero-order chi connectivity index (χ0) is 17.8. The molecule has 1 atom stereocenters. The molecule has 0 saturated heterocycles. The van der Waals surface area contributed by atoms with Gasteiger partial charge in [0.1, 0.15) is 11.3 Å². The normalized spacial score (nSPS) is 12.0. The minimum atomic E-state index is -0.342. The predicted octanol–water partition coefficient (Wildman–Crippen LogP) is 4.55. The summed E-state index contributed by atoms with van der Waals surface area (Å²) < 4.78 is 10.9. The Hall–Kier alpha value is -2.66. The number of ether oxygens (including phenoxy) is 1. The first kappa shape index (κ1) is 17.2. The number of nitrogens with zero attached hydrogens (tertiary/aromatic N) is 2. The molecule has 3 rings (SSSR count). The lowest BCUT2D eigenvalue weighted by atomic mass is 10.1. The van der Waals surface area contributed by atoms with Gasteiger partial charge in [0.25, 0.3) is 0 Å². The lowest BCUT2D eigenvalue weighted by Gasteiger charge is -2.13. The van der Waals surface area contributed by atoms with Gasteiger partial charge in [-0.15, -0.1) is 0 Å². The molecule has 0 saturated carbocycles. The van der Waals surface area contributed by atoms with Crippen molar-refractivity contribution in [3.63, 3.8) is 0 Å². The van der Waals surface area contributed by atoms with Crippen LogP contribution in [0.5, 0.6) is 0 Å². The summed E-state index contributed by atoms with van der Waals surface area (Å²) in [4.78, 5) is 16.4. The largest absolute Gasteiger partial charge is 0.458 e. The van der Waals surface area contributed by atoms with Gasteiger partial charge >= 0.3 is 5.97 Å². The molecule has 2 aromatic heterocycles. The molecule has 0 aliphatic carbocycles. The van der Waals surface area contributed by atoms with Gasteiger partial charge in [0.05, 0.1) is 12.1 Å². The fourth-order valence-corrected chi connectivity index (χ4v) is 2.62. The number of hydrogen-bond donors (Lipinski definition) is 0. The minimum absolute atomic E-state index is 0.0739.